The number of hydrogen-bond acceptors (Lipinski definition) is 5. The van der Waals surface area contributed by atoms with Crippen molar-refractivity contribution >= 4 is 22.6 Å². The molecule has 0 aliphatic carbocycles. The van der Waals surface area contributed by atoms with Gasteiger partial charge in [-0.2, -0.15) is 5.10 Å². The van der Waals surface area contributed by atoms with Gasteiger partial charge in [0.1, 0.15) is 11.5 Å². The van der Waals surface area contributed by atoms with Gasteiger partial charge in [-0.05, 0) is 76.2 Å². The first-order chi connectivity index (χ1) is 15.3. The monoisotopic (exact) mass is 423 g/mol. The fourth-order valence-electron chi connectivity index (χ4n) is 5.60. The molecule has 2 aromatic heterocycles. The van der Waals surface area contributed by atoms with Crippen molar-refractivity contribution in [3.05, 3.63) is 17.8 Å². The molecular formula is C25H37N5O. The number of hydrogen-bond donors (Lipinski definition) is 0. The topological polar surface area (TPSA) is 54.3 Å². The first kappa shape index (κ1) is 20.9. The summed E-state index contributed by atoms with van der Waals surface area (Å²) in [5, 5.41) is 5.80. The molecule has 2 fully saturated rings. The maximum Gasteiger partial charge on any atom is 0.184 e. The van der Waals surface area contributed by atoms with Crippen LogP contribution in [-0.2, 0) is 6.54 Å². The predicted molar refractivity (Wildman–Crippen MR) is 125 cm³/mol. The summed E-state index contributed by atoms with van der Waals surface area (Å²) in [7, 11) is 0. The average Bonchev–Trinajstić information content (AvgIpc) is 2.95. The van der Waals surface area contributed by atoms with Crippen LogP contribution < -0.4 is 4.90 Å². The van der Waals surface area contributed by atoms with Crippen LogP contribution >= 0.6 is 0 Å². The Kier molecular flexibility index (Phi) is 6.53. The van der Waals surface area contributed by atoms with E-state index in [0.29, 0.717) is 18.0 Å². The lowest BCUT2D eigenvalue weighted by Crippen LogP contribution is -2.35. The summed E-state index contributed by atoms with van der Waals surface area (Å²) >= 11 is 0. The number of ketones is 1. The number of anilines is 1. The minimum absolute atomic E-state index is 0.210. The zero-order valence-corrected chi connectivity index (χ0v) is 18.9. The van der Waals surface area contributed by atoms with E-state index in [1.807, 2.05) is 4.68 Å². The summed E-state index contributed by atoms with van der Waals surface area (Å²) in [5.74, 6) is 1.76. The van der Waals surface area contributed by atoms with Gasteiger partial charge >= 0.3 is 0 Å². The number of pyridine rings is 1. The van der Waals surface area contributed by atoms with Gasteiger partial charge < -0.3 is 9.80 Å². The van der Waals surface area contributed by atoms with Crippen LogP contribution in [0.25, 0.3) is 11.0 Å². The van der Waals surface area contributed by atoms with E-state index >= 15 is 0 Å². The quantitative estimate of drug-likeness (QED) is 0.667. The summed E-state index contributed by atoms with van der Waals surface area (Å²) < 4.78 is 2.03. The molecule has 0 amide bonds. The first-order valence-corrected chi connectivity index (χ1v) is 12.7. The van der Waals surface area contributed by atoms with Gasteiger partial charge in [0, 0.05) is 26.1 Å². The van der Waals surface area contributed by atoms with Crippen LogP contribution in [0.2, 0.25) is 0 Å². The number of carbonyl (C=O) groups excluding carboxylic acids is 1. The zero-order valence-electron chi connectivity index (χ0n) is 18.9. The number of fused-ring (bicyclic) bond motifs is 9. The first-order valence-electron chi connectivity index (χ1n) is 12.7. The third kappa shape index (κ3) is 4.79. The molecule has 4 bridgehead atoms. The number of aryl methyl sites for hydroxylation is 1. The van der Waals surface area contributed by atoms with Crippen molar-refractivity contribution in [3.8, 4) is 0 Å². The highest BCUT2D eigenvalue weighted by Gasteiger charge is 2.26. The summed E-state index contributed by atoms with van der Waals surface area (Å²) in [6.45, 7) is 6.53. The smallest absolute Gasteiger partial charge is 0.184 e. The number of Topliss-reactive ketones (excluding diaryl/α,β-unsaturated/α-hetero) is 1. The summed E-state index contributed by atoms with van der Waals surface area (Å²) in [6, 6.07) is 4.23. The van der Waals surface area contributed by atoms with E-state index in [2.05, 4.69) is 21.9 Å². The van der Waals surface area contributed by atoms with Crippen LogP contribution in [0.1, 0.15) is 81.1 Å². The molecule has 0 N–H and O–H groups in total. The van der Waals surface area contributed by atoms with Crippen molar-refractivity contribution < 1.29 is 4.79 Å². The Morgan fingerprint density at radius 3 is 2.19 bits per heavy atom. The maximum absolute atomic E-state index is 13.3. The summed E-state index contributed by atoms with van der Waals surface area (Å²) in [4.78, 5) is 23.4. The Morgan fingerprint density at radius 2 is 1.45 bits per heavy atom. The van der Waals surface area contributed by atoms with E-state index in [0.717, 1.165) is 68.8 Å². The lowest BCUT2D eigenvalue weighted by atomic mass is 9.90. The third-order valence-corrected chi connectivity index (χ3v) is 7.55. The number of nitrogens with zero attached hydrogens (tertiary/aromatic N) is 5. The fraction of sp³-hybridized carbons (Fsp3) is 0.720. The second kappa shape index (κ2) is 9.68. The molecule has 0 radical (unpaired) electrons. The van der Waals surface area contributed by atoms with Crippen molar-refractivity contribution in [1.29, 1.82) is 0 Å². The minimum Gasteiger partial charge on any atom is -0.357 e. The molecular weight excluding hydrogens is 386 g/mol. The van der Waals surface area contributed by atoms with Crippen molar-refractivity contribution in [2.75, 3.05) is 37.6 Å². The molecule has 168 valence electrons. The molecule has 6 rings (SSSR count). The Bertz CT molecular complexity index is 891. The van der Waals surface area contributed by atoms with E-state index in [-0.39, 0.29) is 5.78 Å². The van der Waals surface area contributed by atoms with E-state index in [9.17, 15) is 4.79 Å². The van der Waals surface area contributed by atoms with Gasteiger partial charge in [-0.1, -0.05) is 25.7 Å². The molecule has 6 heteroatoms. The van der Waals surface area contributed by atoms with E-state index in [1.54, 1.807) is 0 Å². The van der Waals surface area contributed by atoms with Gasteiger partial charge in [0.25, 0.3) is 0 Å². The number of rotatable bonds is 1. The predicted octanol–water partition coefficient (Wildman–Crippen LogP) is 4.67. The highest BCUT2D eigenvalue weighted by Crippen LogP contribution is 2.28. The van der Waals surface area contributed by atoms with Crippen LogP contribution in [0.4, 0.5) is 5.82 Å². The molecule has 2 aromatic rings. The van der Waals surface area contributed by atoms with Gasteiger partial charge in [-0.25, -0.2) is 9.67 Å². The van der Waals surface area contributed by atoms with Gasteiger partial charge in [0.15, 0.2) is 11.4 Å². The highest BCUT2D eigenvalue weighted by atomic mass is 16.1. The van der Waals surface area contributed by atoms with Crippen LogP contribution in [-0.4, -0.2) is 58.2 Å². The Hall–Kier alpha value is -1.95. The minimum atomic E-state index is 0.210. The normalized spacial score (nSPS) is 26.5. The fourth-order valence-corrected chi connectivity index (χ4v) is 5.60. The molecule has 6 nitrogen and oxygen atoms in total. The molecule has 0 aromatic carbocycles. The van der Waals surface area contributed by atoms with Crippen LogP contribution in [0.3, 0.4) is 0 Å². The second-order valence-electron chi connectivity index (χ2n) is 9.84. The van der Waals surface area contributed by atoms with Gasteiger partial charge in [-0.15, -0.1) is 0 Å². The van der Waals surface area contributed by atoms with E-state index < -0.39 is 0 Å². The second-order valence-corrected chi connectivity index (χ2v) is 9.84. The molecule has 4 aliphatic rings. The molecule has 0 saturated carbocycles. The lowest BCUT2D eigenvalue weighted by molar-refractivity contribution is 0.0923. The SMILES string of the molecule is O=C1CC2CCN(CCCCCCn3nc1c1ccc(N4CCCCCC4)nc13)CC2. The lowest BCUT2D eigenvalue weighted by Gasteiger charge is -2.31. The van der Waals surface area contributed by atoms with Gasteiger partial charge in [0.2, 0.25) is 0 Å². The van der Waals surface area contributed by atoms with Crippen molar-refractivity contribution in [2.24, 2.45) is 5.92 Å². The average molecular weight is 424 g/mol. The summed E-state index contributed by atoms with van der Waals surface area (Å²) in [6.07, 6.45) is 12.9. The van der Waals surface area contributed by atoms with Gasteiger partial charge in [0.05, 0.1) is 5.39 Å². The molecule has 4 aliphatic heterocycles. The molecule has 31 heavy (non-hydrogen) atoms. The maximum atomic E-state index is 13.3. The van der Waals surface area contributed by atoms with Gasteiger partial charge in [-0.3, -0.25) is 4.79 Å². The Morgan fingerprint density at radius 1 is 0.774 bits per heavy atom. The standard InChI is InChI=1S/C25H37N5O/c31-22-19-20-11-17-28(18-12-20)13-5-1-4-8-16-30-25-21(24(22)27-30)9-10-23(26-25)29-14-6-2-3-7-15-29/h9-10,20H,1-8,11-19H2. The van der Waals surface area contributed by atoms with Crippen molar-refractivity contribution in [2.45, 2.75) is 77.2 Å². The summed E-state index contributed by atoms with van der Waals surface area (Å²) in [5.41, 5.74) is 1.56. The van der Waals surface area contributed by atoms with Crippen LogP contribution in [0.5, 0.6) is 0 Å². The Balaban J connectivity index is 1.46. The zero-order chi connectivity index (χ0) is 21.0. The van der Waals surface area contributed by atoms with E-state index in [1.165, 1.54) is 51.5 Å². The molecule has 6 heterocycles. The van der Waals surface area contributed by atoms with Crippen molar-refractivity contribution in [1.82, 2.24) is 19.7 Å². The highest BCUT2D eigenvalue weighted by molar-refractivity contribution is 6.05. The number of piperidine rings is 1. The Labute approximate surface area is 186 Å². The molecule has 0 unspecified atom stereocenters. The number of carbonyl (C=O) groups is 1. The number of aromatic nitrogens is 3. The van der Waals surface area contributed by atoms with Crippen LogP contribution in [0, 0.1) is 5.92 Å². The van der Waals surface area contributed by atoms with E-state index in [4.69, 9.17) is 10.1 Å². The third-order valence-electron chi connectivity index (χ3n) is 7.55. The largest absolute Gasteiger partial charge is 0.357 e. The molecule has 0 spiro atoms. The molecule has 2 saturated heterocycles. The molecule has 0 atom stereocenters. The van der Waals surface area contributed by atoms with Crippen LogP contribution in [0.15, 0.2) is 12.1 Å². The van der Waals surface area contributed by atoms with Crippen molar-refractivity contribution in [3.63, 3.8) is 0 Å².